The number of rotatable bonds is 19. The Kier molecular flexibility index (Phi) is 14.2. The van der Waals surface area contributed by atoms with Crippen LogP contribution < -0.4 is 23.2 Å². The summed E-state index contributed by atoms with van der Waals surface area (Å²) in [6.45, 7) is 0.651. The molecule has 1 unspecified atom stereocenters. The summed E-state index contributed by atoms with van der Waals surface area (Å²) in [7, 11) is 0. The van der Waals surface area contributed by atoms with E-state index in [1.807, 2.05) is 0 Å². The number of aromatic nitrogens is 1. The fourth-order valence-corrected chi connectivity index (χ4v) is 6.35. The maximum Gasteiger partial charge on any atom is 0.387 e. The first kappa shape index (κ1) is 42.7. The highest BCUT2D eigenvalue weighted by molar-refractivity contribution is 7.80. The van der Waals surface area contributed by atoms with E-state index < -0.39 is 60.6 Å². The van der Waals surface area contributed by atoms with Gasteiger partial charge in [-0.2, -0.15) is 13.5 Å². The molecule has 0 N–H and O–H groups in total. The Morgan fingerprint density at radius 3 is 2.12 bits per heavy atom. The van der Waals surface area contributed by atoms with E-state index in [1.54, 1.807) is 20.8 Å². The van der Waals surface area contributed by atoms with Crippen molar-refractivity contribution < 1.29 is 65.1 Å². The normalized spacial score (nSPS) is 15.1. The first-order valence-corrected chi connectivity index (χ1v) is 19.2. The van der Waals surface area contributed by atoms with Crippen LogP contribution in [0.25, 0.3) is 0 Å². The number of carbonyl (C=O) groups is 3. The number of halogens is 4. The maximum atomic E-state index is 13.3. The smallest absolute Gasteiger partial charge is 0.387 e. The Balaban J connectivity index is 1.34. The molecule has 1 aromatic heterocycles. The van der Waals surface area contributed by atoms with Crippen molar-refractivity contribution in [3.05, 3.63) is 80.7 Å². The third kappa shape index (κ3) is 12.8. The Bertz CT molecular complexity index is 1920. The number of esters is 3. The van der Waals surface area contributed by atoms with E-state index in [2.05, 4.69) is 4.74 Å². The highest BCUT2D eigenvalue weighted by atomic mass is 35.5. The van der Waals surface area contributed by atoms with Gasteiger partial charge in [-0.05, 0) is 94.2 Å². The van der Waals surface area contributed by atoms with E-state index in [9.17, 15) is 37.1 Å². The Morgan fingerprint density at radius 1 is 0.929 bits per heavy atom. The quantitative estimate of drug-likeness (QED) is 0.0426. The van der Waals surface area contributed by atoms with Gasteiger partial charge in [0, 0.05) is 23.3 Å². The van der Waals surface area contributed by atoms with Crippen molar-refractivity contribution in [3.63, 3.8) is 0 Å². The van der Waals surface area contributed by atoms with Gasteiger partial charge < -0.3 is 38.2 Å². The highest BCUT2D eigenvalue weighted by Gasteiger charge is 2.29. The molecule has 2 aliphatic carbocycles. The van der Waals surface area contributed by atoms with Crippen LogP contribution in [0.15, 0.2) is 48.8 Å². The number of hydrogen-bond acceptors (Lipinski definition) is 12. The molecule has 3 aromatic rings. The number of pyridine rings is 1. The molecular weight excluding hydrogens is 805 g/mol. The number of carbonyl (C=O) groups excluding carboxylic acids is 3. The largest absolute Gasteiger partial charge is 0.755 e. The summed E-state index contributed by atoms with van der Waals surface area (Å²) in [6.07, 6.45) is 4.33. The molecule has 19 heteroatoms. The topological polar surface area (TPSA) is 177 Å². The fraction of sp³-hybridized carbons (Fsp3) is 0.459. The molecule has 5 rings (SSSR count). The van der Waals surface area contributed by atoms with Crippen molar-refractivity contribution in [3.8, 4) is 17.2 Å². The van der Waals surface area contributed by atoms with Crippen molar-refractivity contribution >= 4 is 58.1 Å². The average Bonchev–Trinajstić information content (AvgIpc) is 4.04. The molecular formula is C37H39Cl2F2N2O12S-. The van der Waals surface area contributed by atoms with Gasteiger partial charge in [0.2, 0.25) is 0 Å². The molecule has 2 saturated carbocycles. The highest BCUT2D eigenvalue weighted by Crippen LogP contribution is 2.38. The molecule has 56 heavy (non-hydrogen) atoms. The molecule has 304 valence electrons. The number of nitrogens with zero attached hydrogens (tertiary/aromatic N) is 2. The SMILES string of the molecule is CC(C)(C)OC(=O)CN(c1ccc(C(=O)OCC(=O)O[C@@H](Cc2c(Cl)c[n+]([O-])cc2Cl)c2ccc(OC(F)F)c(OCC3CC3)c2)cc1OCC1CC1)S(=O)[O-]. The van der Waals surface area contributed by atoms with Gasteiger partial charge in [0.25, 0.3) is 0 Å². The van der Waals surface area contributed by atoms with E-state index in [1.165, 1.54) is 36.4 Å². The second-order valence-electron chi connectivity index (χ2n) is 14.2. The van der Waals surface area contributed by atoms with Crippen LogP contribution in [-0.4, -0.2) is 65.2 Å². The van der Waals surface area contributed by atoms with E-state index in [-0.39, 0.29) is 81.1 Å². The lowest BCUT2D eigenvalue weighted by molar-refractivity contribution is -0.605. The van der Waals surface area contributed by atoms with E-state index in [0.29, 0.717) is 4.73 Å². The minimum Gasteiger partial charge on any atom is -0.755 e. The van der Waals surface area contributed by atoms with Gasteiger partial charge in [-0.1, -0.05) is 29.3 Å². The van der Waals surface area contributed by atoms with E-state index in [4.69, 9.17) is 46.9 Å². The molecule has 0 amide bonds. The summed E-state index contributed by atoms with van der Waals surface area (Å²) in [5, 5.41) is 11.8. The predicted molar refractivity (Wildman–Crippen MR) is 196 cm³/mol. The zero-order valence-corrected chi connectivity index (χ0v) is 32.8. The Labute approximate surface area is 333 Å². The van der Waals surface area contributed by atoms with Crippen LogP contribution in [0.4, 0.5) is 14.5 Å². The first-order chi connectivity index (χ1) is 26.4. The van der Waals surface area contributed by atoms with E-state index in [0.717, 1.165) is 42.4 Å². The lowest BCUT2D eigenvalue weighted by Crippen LogP contribution is -2.36. The number of alkyl halides is 2. The molecule has 0 radical (unpaired) electrons. The van der Waals surface area contributed by atoms with Gasteiger partial charge in [0.1, 0.15) is 34.0 Å². The summed E-state index contributed by atoms with van der Waals surface area (Å²) >= 11 is 9.70. The van der Waals surface area contributed by atoms with Crippen molar-refractivity contribution in [2.75, 3.05) is 30.7 Å². The van der Waals surface area contributed by atoms with Gasteiger partial charge in [-0.3, -0.25) is 13.3 Å². The molecule has 0 spiro atoms. The summed E-state index contributed by atoms with van der Waals surface area (Å²) in [6, 6.07) is 7.70. The predicted octanol–water partition coefficient (Wildman–Crippen LogP) is 6.43. The Morgan fingerprint density at radius 2 is 1.55 bits per heavy atom. The molecule has 1 heterocycles. The zero-order valence-electron chi connectivity index (χ0n) is 30.5. The molecule has 0 saturated heterocycles. The molecule has 0 bridgehead atoms. The minimum absolute atomic E-state index is 0.0292. The van der Waals surface area contributed by atoms with Crippen LogP contribution in [0.3, 0.4) is 0 Å². The summed E-state index contributed by atoms with van der Waals surface area (Å²) in [4.78, 5) is 39.0. The van der Waals surface area contributed by atoms with Gasteiger partial charge >= 0.3 is 24.5 Å². The van der Waals surface area contributed by atoms with Crippen LogP contribution in [0.1, 0.15) is 74.0 Å². The molecule has 2 aromatic carbocycles. The molecule has 2 fully saturated rings. The third-order valence-corrected chi connectivity index (χ3v) is 9.61. The maximum absolute atomic E-state index is 13.3. The number of ether oxygens (including phenoxy) is 6. The van der Waals surface area contributed by atoms with Gasteiger partial charge in [0.15, 0.2) is 30.5 Å². The monoisotopic (exact) mass is 843 g/mol. The van der Waals surface area contributed by atoms with Crippen LogP contribution in [-0.2, 0) is 41.5 Å². The molecule has 2 atom stereocenters. The first-order valence-electron chi connectivity index (χ1n) is 17.5. The second kappa shape index (κ2) is 18.7. The second-order valence-corrected chi connectivity index (χ2v) is 15.9. The van der Waals surface area contributed by atoms with Crippen LogP contribution >= 0.6 is 23.2 Å². The van der Waals surface area contributed by atoms with Crippen molar-refractivity contribution in [1.29, 1.82) is 0 Å². The van der Waals surface area contributed by atoms with Gasteiger partial charge in [-0.25, -0.2) is 9.59 Å². The molecule has 14 nitrogen and oxygen atoms in total. The van der Waals surface area contributed by atoms with Crippen molar-refractivity contribution in [1.82, 2.24) is 0 Å². The summed E-state index contributed by atoms with van der Waals surface area (Å²) in [5.41, 5.74) is -0.544. The van der Waals surface area contributed by atoms with Crippen molar-refractivity contribution in [2.24, 2.45) is 11.8 Å². The zero-order chi connectivity index (χ0) is 40.7. The van der Waals surface area contributed by atoms with Crippen LogP contribution in [0.2, 0.25) is 10.0 Å². The van der Waals surface area contributed by atoms with E-state index >= 15 is 0 Å². The lowest BCUT2D eigenvalue weighted by Gasteiger charge is -2.29. The number of benzene rings is 2. The van der Waals surface area contributed by atoms with Crippen LogP contribution in [0.5, 0.6) is 17.2 Å². The third-order valence-electron chi connectivity index (χ3n) is 8.28. The number of hydrogen-bond donors (Lipinski definition) is 0. The van der Waals surface area contributed by atoms with Crippen LogP contribution in [0, 0.1) is 17.0 Å². The molecule has 2 aliphatic rings. The summed E-state index contributed by atoms with van der Waals surface area (Å²) in [5.74, 6) is -2.67. The van der Waals surface area contributed by atoms with Gasteiger partial charge in [-0.15, -0.1) is 0 Å². The minimum atomic E-state index is -3.14. The Hall–Kier alpha value is -4.45. The van der Waals surface area contributed by atoms with Gasteiger partial charge in [0.05, 0.1) is 24.5 Å². The fourth-order valence-electron chi connectivity index (χ4n) is 5.23. The lowest BCUT2D eigenvalue weighted by atomic mass is 10.0. The molecule has 0 aliphatic heterocycles. The summed E-state index contributed by atoms with van der Waals surface area (Å²) < 4.78 is 84.6. The average molecular weight is 845 g/mol. The standard InChI is InChI=1S/C37H40Cl2F2N2O12S/c1-37(2,3)55-33(44)17-43(56(48)49)28-10-8-24(13-31(28)50-18-21-4-5-21)35(46)52-20-34(45)53-30(14-25-26(38)15-42(47)16-27(25)39)23-9-11-29(54-36(40)41)32(12-23)51-19-22-6-7-22/h8-13,15-16,21-22,30,36H,4-7,14,17-20H2,1-3H3,(H,48,49)/p-1/t30-/m0/s1. The van der Waals surface area contributed by atoms with Crippen molar-refractivity contribution in [2.45, 2.75) is 71.2 Å². The number of anilines is 1.